The lowest BCUT2D eigenvalue weighted by Gasteiger charge is -2.22. The van der Waals surface area contributed by atoms with Gasteiger partial charge >= 0.3 is 0 Å². The molecule has 0 unspecified atom stereocenters. The summed E-state index contributed by atoms with van der Waals surface area (Å²) in [6.07, 6.45) is 4.48. The standard InChI is InChI=1S/C15H23NO2/c1-10(2)14-13(17-11-6-7-11)8-12(9-16-14)18-15(3,4)5/h8-11H,6-7H2,1-5H3. The van der Waals surface area contributed by atoms with Gasteiger partial charge in [-0.2, -0.15) is 0 Å². The van der Waals surface area contributed by atoms with Crippen LogP contribution < -0.4 is 9.47 Å². The summed E-state index contributed by atoms with van der Waals surface area (Å²) in [7, 11) is 0. The fourth-order valence-electron chi connectivity index (χ4n) is 1.74. The molecule has 0 amide bonds. The number of ether oxygens (including phenoxy) is 2. The Bertz CT molecular complexity index is 417. The minimum absolute atomic E-state index is 0.210. The fraction of sp³-hybridized carbons (Fsp3) is 0.667. The van der Waals surface area contributed by atoms with Crippen LogP contribution in [0.3, 0.4) is 0 Å². The highest BCUT2D eigenvalue weighted by molar-refractivity contribution is 5.37. The molecule has 2 rings (SSSR count). The summed E-state index contributed by atoms with van der Waals surface area (Å²) in [6.45, 7) is 10.4. The zero-order valence-corrected chi connectivity index (χ0v) is 12.0. The van der Waals surface area contributed by atoms with Gasteiger partial charge in [0.25, 0.3) is 0 Å². The summed E-state index contributed by atoms with van der Waals surface area (Å²) in [5, 5.41) is 0. The van der Waals surface area contributed by atoms with Crippen molar-refractivity contribution in [2.75, 3.05) is 0 Å². The van der Waals surface area contributed by atoms with E-state index < -0.39 is 0 Å². The first-order valence-corrected chi connectivity index (χ1v) is 6.71. The average molecular weight is 249 g/mol. The minimum Gasteiger partial charge on any atom is -0.488 e. The number of nitrogens with zero attached hydrogens (tertiary/aromatic N) is 1. The molecule has 3 heteroatoms. The molecule has 0 atom stereocenters. The topological polar surface area (TPSA) is 31.4 Å². The second-order valence-electron chi connectivity index (χ2n) is 6.24. The highest BCUT2D eigenvalue weighted by Crippen LogP contribution is 2.34. The van der Waals surface area contributed by atoms with Gasteiger partial charge in [-0.1, -0.05) is 13.8 Å². The second-order valence-corrected chi connectivity index (χ2v) is 6.24. The van der Waals surface area contributed by atoms with Gasteiger partial charge in [0.15, 0.2) is 0 Å². The predicted molar refractivity (Wildman–Crippen MR) is 72.4 cm³/mol. The molecule has 1 fully saturated rings. The van der Waals surface area contributed by atoms with E-state index in [1.807, 2.05) is 26.8 Å². The van der Waals surface area contributed by atoms with E-state index in [4.69, 9.17) is 9.47 Å². The number of hydrogen-bond acceptors (Lipinski definition) is 3. The van der Waals surface area contributed by atoms with Crippen LogP contribution >= 0.6 is 0 Å². The van der Waals surface area contributed by atoms with E-state index in [0.29, 0.717) is 12.0 Å². The molecule has 0 aromatic carbocycles. The third-order valence-corrected chi connectivity index (χ3v) is 2.65. The lowest BCUT2D eigenvalue weighted by molar-refractivity contribution is 0.129. The summed E-state index contributed by atoms with van der Waals surface area (Å²) in [5.74, 6) is 2.03. The van der Waals surface area contributed by atoms with Gasteiger partial charge in [0.05, 0.1) is 18.0 Å². The third-order valence-electron chi connectivity index (χ3n) is 2.65. The molecular formula is C15H23NO2. The predicted octanol–water partition coefficient (Wildman–Crippen LogP) is 3.92. The Kier molecular flexibility index (Phi) is 3.51. The van der Waals surface area contributed by atoms with Crippen molar-refractivity contribution in [1.29, 1.82) is 0 Å². The quantitative estimate of drug-likeness (QED) is 0.810. The van der Waals surface area contributed by atoms with Gasteiger partial charge in [0.2, 0.25) is 0 Å². The summed E-state index contributed by atoms with van der Waals surface area (Å²) in [6, 6.07) is 1.98. The molecule has 0 saturated heterocycles. The summed E-state index contributed by atoms with van der Waals surface area (Å²) in [4.78, 5) is 4.49. The maximum Gasteiger partial charge on any atom is 0.145 e. The molecule has 0 bridgehead atoms. The normalized spacial score (nSPS) is 15.9. The van der Waals surface area contributed by atoms with Crippen LogP contribution in [0.4, 0.5) is 0 Å². The Labute approximate surface area is 110 Å². The SMILES string of the molecule is CC(C)c1ncc(OC(C)(C)C)cc1OC1CC1. The first-order chi connectivity index (χ1) is 8.35. The molecule has 18 heavy (non-hydrogen) atoms. The molecule has 1 aromatic heterocycles. The number of hydrogen-bond donors (Lipinski definition) is 0. The first kappa shape index (κ1) is 13.2. The maximum absolute atomic E-state index is 5.93. The van der Waals surface area contributed by atoms with Crippen molar-refractivity contribution in [3.05, 3.63) is 18.0 Å². The van der Waals surface area contributed by atoms with E-state index >= 15 is 0 Å². The van der Waals surface area contributed by atoms with Gasteiger partial charge in [-0.25, -0.2) is 0 Å². The third kappa shape index (κ3) is 3.62. The monoisotopic (exact) mass is 249 g/mol. The molecule has 1 aliphatic rings. The number of aromatic nitrogens is 1. The molecule has 1 heterocycles. The van der Waals surface area contributed by atoms with Crippen molar-refractivity contribution in [2.45, 2.75) is 65.1 Å². The summed E-state index contributed by atoms with van der Waals surface area (Å²) in [5.41, 5.74) is 0.806. The molecule has 0 radical (unpaired) electrons. The van der Waals surface area contributed by atoms with Crippen LogP contribution in [-0.4, -0.2) is 16.7 Å². The summed E-state index contributed by atoms with van der Waals surface area (Å²) >= 11 is 0. The van der Waals surface area contributed by atoms with Crippen LogP contribution in [0.25, 0.3) is 0 Å². The largest absolute Gasteiger partial charge is 0.488 e. The number of pyridine rings is 1. The fourth-order valence-corrected chi connectivity index (χ4v) is 1.74. The van der Waals surface area contributed by atoms with Gasteiger partial charge in [0.1, 0.15) is 17.1 Å². The van der Waals surface area contributed by atoms with Gasteiger partial charge in [-0.3, -0.25) is 4.98 Å². The Balaban J connectivity index is 2.23. The maximum atomic E-state index is 5.93. The molecular weight excluding hydrogens is 226 g/mol. The average Bonchev–Trinajstić information content (AvgIpc) is 2.98. The zero-order valence-electron chi connectivity index (χ0n) is 12.0. The second kappa shape index (κ2) is 4.79. The van der Waals surface area contributed by atoms with E-state index in [-0.39, 0.29) is 5.60 Å². The van der Waals surface area contributed by atoms with E-state index in [0.717, 1.165) is 30.0 Å². The molecule has 1 aliphatic carbocycles. The van der Waals surface area contributed by atoms with Gasteiger partial charge in [-0.05, 0) is 39.5 Å². The van der Waals surface area contributed by atoms with Crippen molar-refractivity contribution in [3.8, 4) is 11.5 Å². The van der Waals surface area contributed by atoms with Crippen molar-refractivity contribution in [2.24, 2.45) is 0 Å². The van der Waals surface area contributed by atoms with Crippen molar-refractivity contribution in [3.63, 3.8) is 0 Å². The van der Waals surface area contributed by atoms with E-state index in [1.165, 1.54) is 0 Å². The molecule has 100 valence electrons. The highest BCUT2D eigenvalue weighted by Gasteiger charge is 2.26. The first-order valence-electron chi connectivity index (χ1n) is 6.71. The number of rotatable bonds is 4. The van der Waals surface area contributed by atoms with Crippen LogP contribution in [0.1, 0.15) is 59.1 Å². The van der Waals surface area contributed by atoms with Gasteiger partial charge < -0.3 is 9.47 Å². The Morgan fingerprint density at radius 3 is 2.44 bits per heavy atom. The molecule has 3 nitrogen and oxygen atoms in total. The van der Waals surface area contributed by atoms with E-state index in [9.17, 15) is 0 Å². The Morgan fingerprint density at radius 2 is 1.94 bits per heavy atom. The lowest BCUT2D eigenvalue weighted by atomic mass is 10.1. The van der Waals surface area contributed by atoms with E-state index in [2.05, 4.69) is 18.8 Å². The molecule has 0 spiro atoms. The van der Waals surface area contributed by atoms with Gasteiger partial charge in [0, 0.05) is 6.07 Å². The van der Waals surface area contributed by atoms with E-state index in [1.54, 1.807) is 6.20 Å². The van der Waals surface area contributed by atoms with Crippen LogP contribution in [0.15, 0.2) is 12.3 Å². The van der Waals surface area contributed by atoms with Crippen molar-refractivity contribution >= 4 is 0 Å². The highest BCUT2D eigenvalue weighted by atomic mass is 16.5. The molecule has 1 saturated carbocycles. The minimum atomic E-state index is -0.210. The van der Waals surface area contributed by atoms with Crippen LogP contribution in [0, 0.1) is 0 Å². The molecule has 0 aliphatic heterocycles. The lowest BCUT2D eigenvalue weighted by Crippen LogP contribution is -2.23. The van der Waals surface area contributed by atoms with Crippen LogP contribution in [0.2, 0.25) is 0 Å². The Hall–Kier alpha value is -1.25. The zero-order chi connectivity index (χ0) is 13.3. The smallest absolute Gasteiger partial charge is 0.145 e. The van der Waals surface area contributed by atoms with Crippen LogP contribution in [-0.2, 0) is 0 Å². The van der Waals surface area contributed by atoms with Crippen molar-refractivity contribution in [1.82, 2.24) is 4.98 Å². The van der Waals surface area contributed by atoms with Gasteiger partial charge in [-0.15, -0.1) is 0 Å². The molecule has 1 aromatic rings. The van der Waals surface area contributed by atoms with Crippen LogP contribution in [0.5, 0.6) is 11.5 Å². The Morgan fingerprint density at radius 1 is 1.28 bits per heavy atom. The van der Waals surface area contributed by atoms with Crippen molar-refractivity contribution < 1.29 is 9.47 Å². The summed E-state index contributed by atoms with van der Waals surface area (Å²) < 4.78 is 11.8. The molecule has 0 N–H and O–H groups in total.